The Bertz CT molecular complexity index is 486. The summed E-state index contributed by atoms with van der Waals surface area (Å²) in [6.07, 6.45) is 3.59. The molecule has 0 spiro atoms. The summed E-state index contributed by atoms with van der Waals surface area (Å²) in [4.78, 5) is 26.8. The highest BCUT2D eigenvalue weighted by Crippen LogP contribution is 2.32. The Morgan fingerprint density at radius 1 is 1.50 bits per heavy atom. The molecular weight excluding hydrogens is 276 g/mol. The maximum absolute atomic E-state index is 12.0. The van der Waals surface area contributed by atoms with Crippen LogP contribution < -0.4 is 10.4 Å². The van der Waals surface area contributed by atoms with E-state index in [-0.39, 0.29) is 18.7 Å². The van der Waals surface area contributed by atoms with E-state index in [2.05, 4.69) is 10.3 Å². The third-order valence-electron chi connectivity index (χ3n) is 2.81. The van der Waals surface area contributed by atoms with Crippen molar-refractivity contribution in [3.05, 3.63) is 22.8 Å². The van der Waals surface area contributed by atoms with Crippen LogP contribution in [-0.2, 0) is 9.59 Å². The summed E-state index contributed by atoms with van der Waals surface area (Å²) in [5.74, 6) is -3.12. The van der Waals surface area contributed by atoms with Crippen molar-refractivity contribution in [2.45, 2.75) is 12.8 Å². The van der Waals surface area contributed by atoms with Gasteiger partial charge in [0.2, 0.25) is 5.91 Å². The quantitative estimate of drug-likeness (QED) is 0.897. The van der Waals surface area contributed by atoms with Crippen LogP contribution in [0.2, 0.25) is 0 Å². The average Bonchev–Trinajstić information content (AvgIpc) is 2.81. The number of aromatic nitrogens is 1. The molecule has 0 radical (unpaired) electrons. The number of hydrogen-bond acceptors (Lipinski definition) is 5. The van der Waals surface area contributed by atoms with E-state index in [1.54, 1.807) is 11.6 Å². The Morgan fingerprint density at radius 3 is 2.89 bits per heavy atom. The van der Waals surface area contributed by atoms with E-state index in [4.69, 9.17) is 11.6 Å². The van der Waals surface area contributed by atoms with Gasteiger partial charge in [-0.25, -0.2) is 0 Å². The van der Waals surface area contributed by atoms with Gasteiger partial charge in [-0.3, -0.25) is 9.78 Å². The molecule has 1 aliphatic carbocycles. The van der Waals surface area contributed by atoms with Crippen molar-refractivity contribution in [2.75, 3.05) is 5.32 Å². The van der Waals surface area contributed by atoms with Gasteiger partial charge >= 0.3 is 0 Å². The molecule has 0 aromatic carbocycles. The van der Waals surface area contributed by atoms with Gasteiger partial charge in [-0.15, -0.1) is 11.3 Å². The van der Waals surface area contributed by atoms with Crippen LogP contribution in [-0.4, -0.2) is 16.9 Å². The van der Waals surface area contributed by atoms with Crippen LogP contribution in [0.1, 0.15) is 12.8 Å². The largest absolute Gasteiger partial charge is 0.550 e. The van der Waals surface area contributed by atoms with Gasteiger partial charge in [-0.1, -0.05) is 17.7 Å². The molecular formula is C11H10ClN2O3S-. The zero-order valence-electron chi connectivity index (χ0n) is 9.26. The Labute approximate surface area is 112 Å². The number of rotatable bonds is 3. The predicted molar refractivity (Wildman–Crippen MR) is 65.9 cm³/mol. The fraction of sp³-hybridized carbons (Fsp3) is 0.364. The fourth-order valence-electron chi connectivity index (χ4n) is 1.88. The third-order valence-corrected chi connectivity index (χ3v) is 3.81. The van der Waals surface area contributed by atoms with Crippen molar-refractivity contribution in [1.29, 1.82) is 0 Å². The first-order valence-corrected chi connectivity index (χ1v) is 6.58. The molecule has 1 aromatic heterocycles. The molecule has 96 valence electrons. The number of halogens is 1. The Balaban J connectivity index is 2.11. The molecule has 7 heteroatoms. The van der Waals surface area contributed by atoms with Crippen LogP contribution in [0.4, 0.5) is 5.00 Å². The van der Waals surface area contributed by atoms with Crippen molar-refractivity contribution in [2.24, 2.45) is 11.8 Å². The summed E-state index contributed by atoms with van der Waals surface area (Å²) in [5.41, 5.74) is 1.58. The van der Waals surface area contributed by atoms with E-state index in [1.807, 2.05) is 0 Å². The number of allylic oxidation sites excluding steroid dienone is 2. The number of carboxylic acid groups (broad SMARTS) is 1. The summed E-state index contributed by atoms with van der Waals surface area (Å²) in [6, 6.07) is 0. The van der Waals surface area contributed by atoms with Crippen LogP contribution in [0.15, 0.2) is 22.8 Å². The number of anilines is 1. The smallest absolute Gasteiger partial charge is 0.229 e. The highest BCUT2D eigenvalue weighted by atomic mass is 35.5. The third kappa shape index (κ3) is 2.88. The van der Waals surface area contributed by atoms with Crippen molar-refractivity contribution in [3.63, 3.8) is 0 Å². The molecule has 1 N–H and O–H groups in total. The number of nitrogens with zero attached hydrogens (tertiary/aromatic N) is 1. The Morgan fingerprint density at radius 2 is 2.28 bits per heavy atom. The second-order valence-electron chi connectivity index (χ2n) is 3.98. The fourth-order valence-corrected chi connectivity index (χ4v) is 2.65. The van der Waals surface area contributed by atoms with Crippen LogP contribution in [0.3, 0.4) is 0 Å². The summed E-state index contributed by atoms with van der Waals surface area (Å²) in [5, 5.41) is 14.7. The lowest BCUT2D eigenvalue weighted by Crippen LogP contribution is -2.41. The molecule has 0 unspecified atom stereocenters. The number of carbonyl (C=O) groups excluding carboxylic acids is 2. The number of carboxylic acids is 1. The highest BCUT2D eigenvalue weighted by molar-refractivity contribution is 7.13. The molecule has 1 aromatic rings. The van der Waals surface area contributed by atoms with Gasteiger partial charge < -0.3 is 15.2 Å². The average molecular weight is 286 g/mol. The summed E-state index contributed by atoms with van der Waals surface area (Å²) < 4.78 is 0. The summed E-state index contributed by atoms with van der Waals surface area (Å²) >= 11 is 7.14. The van der Waals surface area contributed by atoms with E-state index >= 15 is 0 Å². The lowest BCUT2D eigenvalue weighted by atomic mass is 9.82. The predicted octanol–water partition coefficient (Wildman–Crippen LogP) is 0.980. The minimum absolute atomic E-state index is 0.224. The van der Waals surface area contributed by atoms with Gasteiger partial charge in [0, 0.05) is 16.9 Å². The number of nitrogens with one attached hydrogen (secondary N) is 1. The second-order valence-corrected chi connectivity index (χ2v) is 5.35. The Hall–Kier alpha value is -1.40. The van der Waals surface area contributed by atoms with E-state index in [0.29, 0.717) is 10.0 Å². The molecule has 18 heavy (non-hydrogen) atoms. The van der Waals surface area contributed by atoms with Crippen molar-refractivity contribution < 1.29 is 14.7 Å². The molecule has 5 nitrogen and oxygen atoms in total. The van der Waals surface area contributed by atoms with Crippen LogP contribution >= 0.6 is 22.9 Å². The highest BCUT2D eigenvalue weighted by Gasteiger charge is 2.32. The van der Waals surface area contributed by atoms with Crippen molar-refractivity contribution in [3.8, 4) is 0 Å². The van der Waals surface area contributed by atoms with Crippen LogP contribution in [0.25, 0.3) is 0 Å². The van der Waals surface area contributed by atoms with Gasteiger partial charge in [0.15, 0.2) is 0 Å². The second kappa shape index (κ2) is 5.49. The van der Waals surface area contributed by atoms with Gasteiger partial charge in [0.1, 0.15) is 5.00 Å². The number of thiazole rings is 1. The SMILES string of the molecule is O=C([O-])[C@H]1CC=C(Cl)C[C@@H]1C(=O)Nc1cncs1. The number of hydrogen-bond donors (Lipinski definition) is 1. The van der Waals surface area contributed by atoms with Crippen LogP contribution in [0.5, 0.6) is 0 Å². The summed E-state index contributed by atoms with van der Waals surface area (Å²) in [6.45, 7) is 0. The molecule has 1 aliphatic rings. The number of aliphatic carboxylic acids is 1. The molecule has 1 heterocycles. The molecule has 0 fully saturated rings. The minimum atomic E-state index is -1.22. The molecule has 2 atom stereocenters. The standard InChI is InChI=1S/C11H11ClN2O3S/c12-6-1-2-7(11(16)17)8(3-6)10(15)14-9-4-13-5-18-9/h1,4-5,7-8H,2-3H2,(H,14,15)(H,16,17)/p-1/t7-,8-/m0/s1. The molecule has 0 bridgehead atoms. The Kier molecular flexibility index (Phi) is 3.98. The molecule has 0 aliphatic heterocycles. The van der Waals surface area contributed by atoms with Gasteiger partial charge in [0.25, 0.3) is 0 Å². The van der Waals surface area contributed by atoms with E-state index in [9.17, 15) is 14.7 Å². The number of carbonyl (C=O) groups is 2. The summed E-state index contributed by atoms with van der Waals surface area (Å²) in [7, 11) is 0. The first-order valence-electron chi connectivity index (χ1n) is 5.32. The first-order chi connectivity index (χ1) is 8.58. The van der Waals surface area contributed by atoms with E-state index in [0.717, 1.165) is 0 Å². The van der Waals surface area contributed by atoms with Gasteiger partial charge in [-0.05, 0) is 12.8 Å². The lowest BCUT2D eigenvalue weighted by Gasteiger charge is -2.29. The normalized spacial score (nSPS) is 23.3. The maximum atomic E-state index is 12.0. The first kappa shape index (κ1) is 13.0. The lowest BCUT2D eigenvalue weighted by molar-refractivity contribution is -0.313. The van der Waals surface area contributed by atoms with Gasteiger partial charge in [0.05, 0.1) is 17.6 Å². The van der Waals surface area contributed by atoms with Crippen molar-refractivity contribution >= 4 is 39.8 Å². The zero-order chi connectivity index (χ0) is 13.1. The molecule has 1 amide bonds. The topological polar surface area (TPSA) is 82.1 Å². The van der Waals surface area contributed by atoms with Gasteiger partial charge in [-0.2, -0.15) is 0 Å². The number of amides is 1. The van der Waals surface area contributed by atoms with E-state index < -0.39 is 17.8 Å². The minimum Gasteiger partial charge on any atom is -0.550 e. The van der Waals surface area contributed by atoms with Crippen LogP contribution in [0, 0.1) is 11.8 Å². The molecule has 0 saturated carbocycles. The maximum Gasteiger partial charge on any atom is 0.229 e. The molecule has 2 rings (SSSR count). The monoisotopic (exact) mass is 285 g/mol. The van der Waals surface area contributed by atoms with E-state index in [1.165, 1.54) is 17.5 Å². The molecule has 0 saturated heterocycles. The zero-order valence-corrected chi connectivity index (χ0v) is 10.8. The van der Waals surface area contributed by atoms with Crippen molar-refractivity contribution in [1.82, 2.24) is 4.98 Å².